The van der Waals surface area contributed by atoms with E-state index < -0.39 is 0 Å². The van der Waals surface area contributed by atoms with Crippen molar-refractivity contribution < 1.29 is 9.59 Å². The first-order valence-electron chi connectivity index (χ1n) is 7.44. The third-order valence-corrected chi connectivity index (χ3v) is 3.19. The van der Waals surface area contributed by atoms with Gasteiger partial charge in [0.2, 0.25) is 5.91 Å². The van der Waals surface area contributed by atoms with Crippen molar-refractivity contribution in [3.63, 3.8) is 0 Å². The number of amides is 3. The molecule has 0 saturated carbocycles. The van der Waals surface area contributed by atoms with Crippen molar-refractivity contribution in [2.45, 2.75) is 53.0 Å². The minimum atomic E-state index is -0.224. The smallest absolute Gasteiger partial charge is 0.319 e. The first kappa shape index (κ1) is 17.0. The number of anilines is 2. The van der Waals surface area contributed by atoms with Crippen LogP contribution in [0, 0.1) is 6.92 Å². The third kappa shape index (κ3) is 5.85. The molecule has 3 amide bonds. The molecule has 0 aromatic heterocycles. The number of carbonyl (C=O) groups is 2. The first-order chi connectivity index (χ1) is 9.96. The van der Waals surface area contributed by atoms with Crippen molar-refractivity contribution in [1.29, 1.82) is 0 Å². The number of aryl methyl sites for hydroxylation is 1. The van der Waals surface area contributed by atoms with Gasteiger partial charge in [-0.2, -0.15) is 0 Å². The van der Waals surface area contributed by atoms with Crippen molar-refractivity contribution in [1.82, 2.24) is 5.32 Å². The van der Waals surface area contributed by atoms with Crippen LogP contribution in [0.3, 0.4) is 0 Å². The Labute approximate surface area is 126 Å². The molecule has 1 aromatic rings. The summed E-state index contributed by atoms with van der Waals surface area (Å²) < 4.78 is 0. The Balaban J connectivity index is 2.71. The molecule has 1 rings (SSSR count). The van der Waals surface area contributed by atoms with Gasteiger partial charge in [0.05, 0.1) is 0 Å². The molecule has 0 bridgehead atoms. The highest BCUT2D eigenvalue weighted by atomic mass is 16.2. The molecule has 0 fully saturated rings. The van der Waals surface area contributed by atoms with Crippen molar-refractivity contribution >= 4 is 23.3 Å². The number of hydrogen-bond acceptors (Lipinski definition) is 2. The van der Waals surface area contributed by atoms with Crippen LogP contribution in [0.2, 0.25) is 0 Å². The van der Waals surface area contributed by atoms with Crippen LogP contribution in [-0.2, 0) is 4.79 Å². The highest BCUT2D eigenvalue weighted by Crippen LogP contribution is 2.20. The van der Waals surface area contributed by atoms with E-state index in [0.717, 1.165) is 18.4 Å². The molecule has 0 aliphatic carbocycles. The van der Waals surface area contributed by atoms with Crippen molar-refractivity contribution in [2.75, 3.05) is 10.6 Å². The number of rotatable bonds is 6. The largest absolute Gasteiger partial charge is 0.335 e. The summed E-state index contributed by atoms with van der Waals surface area (Å²) in [6.07, 6.45) is 2.39. The number of urea groups is 1. The molecule has 5 heteroatoms. The molecule has 1 atom stereocenters. The molecule has 0 radical (unpaired) electrons. The number of hydrogen-bond donors (Lipinski definition) is 3. The summed E-state index contributed by atoms with van der Waals surface area (Å²) in [5.41, 5.74) is 2.33. The van der Waals surface area contributed by atoms with Gasteiger partial charge < -0.3 is 16.0 Å². The van der Waals surface area contributed by atoms with Gasteiger partial charge in [-0.15, -0.1) is 0 Å². The van der Waals surface area contributed by atoms with Crippen LogP contribution >= 0.6 is 0 Å². The zero-order valence-corrected chi connectivity index (χ0v) is 13.2. The number of benzene rings is 1. The van der Waals surface area contributed by atoms with Gasteiger partial charge in [0.1, 0.15) is 0 Å². The molecule has 116 valence electrons. The Morgan fingerprint density at radius 3 is 2.52 bits per heavy atom. The normalized spacial score (nSPS) is 11.6. The van der Waals surface area contributed by atoms with E-state index in [1.165, 1.54) is 0 Å². The highest BCUT2D eigenvalue weighted by Gasteiger charge is 2.09. The van der Waals surface area contributed by atoms with Crippen molar-refractivity contribution in [3.8, 4) is 0 Å². The summed E-state index contributed by atoms with van der Waals surface area (Å²) >= 11 is 0. The maximum Gasteiger partial charge on any atom is 0.319 e. The summed E-state index contributed by atoms with van der Waals surface area (Å²) in [5.74, 6) is -0.0502. The molecule has 3 N–H and O–H groups in total. The predicted molar refractivity (Wildman–Crippen MR) is 86.6 cm³/mol. The topological polar surface area (TPSA) is 70.2 Å². The molecule has 0 aliphatic rings. The van der Waals surface area contributed by atoms with Crippen LogP contribution in [0.1, 0.15) is 45.6 Å². The van der Waals surface area contributed by atoms with E-state index in [0.29, 0.717) is 17.8 Å². The second-order valence-corrected chi connectivity index (χ2v) is 5.22. The number of carbonyl (C=O) groups excluding carboxylic acids is 2. The van der Waals surface area contributed by atoms with Crippen LogP contribution < -0.4 is 16.0 Å². The number of nitrogens with one attached hydrogen (secondary N) is 3. The van der Waals surface area contributed by atoms with Crippen LogP contribution in [0.4, 0.5) is 16.2 Å². The van der Waals surface area contributed by atoms with Gasteiger partial charge in [-0.25, -0.2) is 4.79 Å². The van der Waals surface area contributed by atoms with Gasteiger partial charge in [-0.1, -0.05) is 26.3 Å². The summed E-state index contributed by atoms with van der Waals surface area (Å²) in [5, 5.41) is 8.50. The highest BCUT2D eigenvalue weighted by molar-refractivity contribution is 5.94. The van der Waals surface area contributed by atoms with Crippen LogP contribution in [0.15, 0.2) is 18.2 Å². The lowest BCUT2D eigenvalue weighted by Crippen LogP contribution is -2.36. The zero-order chi connectivity index (χ0) is 15.8. The van der Waals surface area contributed by atoms with Crippen molar-refractivity contribution in [2.24, 2.45) is 0 Å². The van der Waals surface area contributed by atoms with Gasteiger partial charge in [-0.3, -0.25) is 4.79 Å². The fraction of sp³-hybridized carbons (Fsp3) is 0.500. The second-order valence-electron chi connectivity index (χ2n) is 5.22. The van der Waals surface area contributed by atoms with E-state index in [9.17, 15) is 9.59 Å². The molecule has 0 spiro atoms. The zero-order valence-electron chi connectivity index (χ0n) is 13.2. The molecular weight excluding hydrogens is 266 g/mol. The second kappa shape index (κ2) is 8.29. The van der Waals surface area contributed by atoms with Gasteiger partial charge >= 0.3 is 6.03 Å². The van der Waals surface area contributed by atoms with Gasteiger partial charge in [0, 0.05) is 23.8 Å². The van der Waals surface area contributed by atoms with Crippen LogP contribution in [0.5, 0.6) is 0 Å². The van der Waals surface area contributed by atoms with Gasteiger partial charge in [-0.05, 0) is 38.0 Å². The lowest BCUT2D eigenvalue weighted by molar-refractivity contribution is -0.115. The summed E-state index contributed by atoms with van der Waals surface area (Å²) in [6, 6.07) is 5.38. The summed E-state index contributed by atoms with van der Waals surface area (Å²) in [4.78, 5) is 23.3. The van der Waals surface area contributed by atoms with Gasteiger partial charge in [0.15, 0.2) is 0 Å². The molecule has 5 nitrogen and oxygen atoms in total. The summed E-state index contributed by atoms with van der Waals surface area (Å²) in [6.45, 7) is 7.77. The Bertz CT molecular complexity index is 500. The third-order valence-electron chi connectivity index (χ3n) is 3.19. The molecule has 21 heavy (non-hydrogen) atoms. The fourth-order valence-electron chi connectivity index (χ4n) is 1.97. The molecule has 1 aromatic carbocycles. The molecule has 0 saturated heterocycles. The summed E-state index contributed by atoms with van der Waals surface area (Å²) in [7, 11) is 0. The Morgan fingerprint density at radius 2 is 1.90 bits per heavy atom. The van der Waals surface area contributed by atoms with E-state index in [-0.39, 0.29) is 18.0 Å². The maximum absolute atomic E-state index is 11.9. The molecule has 0 heterocycles. The quantitative estimate of drug-likeness (QED) is 0.748. The predicted octanol–water partition coefficient (Wildman–Crippen LogP) is 3.65. The lowest BCUT2D eigenvalue weighted by Gasteiger charge is -2.15. The van der Waals surface area contributed by atoms with E-state index in [1.54, 1.807) is 13.0 Å². The minimum absolute atomic E-state index is 0.0502. The Hall–Kier alpha value is -2.04. The fourth-order valence-corrected chi connectivity index (χ4v) is 1.97. The Kier molecular flexibility index (Phi) is 6.72. The van der Waals surface area contributed by atoms with Gasteiger partial charge in [0.25, 0.3) is 0 Å². The van der Waals surface area contributed by atoms with E-state index >= 15 is 0 Å². The van der Waals surface area contributed by atoms with E-state index in [1.807, 2.05) is 26.0 Å². The standard InChI is InChI=1S/C16H25N3O2/c1-5-7-12(4)17-16(21)19-14-10-13(9-8-11(14)3)18-15(20)6-2/h8-10,12H,5-7H2,1-4H3,(H,18,20)(H2,17,19,21). The van der Waals surface area contributed by atoms with E-state index in [2.05, 4.69) is 22.9 Å². The van der Waals surface area contributed by atoms with Crippen molar-refractivity contribution in [3.05, 3.63) is 23.8 Å². The average molecular weight is 291 g/mol. The SMILES string of the molecule is CCCC(C)NC(=O)Nc1cc(NC(=O)CC)ccc1C. The monoisotopic (exact) mass is 291 g/mol. The average Bonchev–Trinajstić information content (AvgIpc) is 2.42. The molecular formula is C16H25N3O2. The Morgan fingerprint density at radius 1 is 1.19 bits per heavy atom. The van der Waals surface area contributed by atoms with Crippen LogP contribution in [-0.4, -0.2) is 18.0 Å². The van der Waals surface area contributed by atoms with Crippen LogP contribution in [0.25, 0.3) is 0 Å². The molecule has 0 aliphatic heterocycles. The molecule has 1 unspecified atom stereocenters. The minimum Gasteiger partial charge on any atom is -0.335 e. The maximum atomic E-state index is 11.9. The van der Waals surface area contributed by atoms with E-state index in [4.69, 9.17) is 0 Å². The lowest BCUT2D eigenvalue weighted by atomic mass is 10.1. The first-order valence-corrected chi connectivity index (χ1v) is 7.44.